The third kappa shape index (κ3) is 4.95. The zero-order valence-electron chi connectivity index (χ0n) is 11.0. The maximum atomic E-state index is 11.4. The predicted octanol–water partition coefficient (Wildman–Crippen LogP) is 1.92. The van der Waals surface area contributed by atoms with Crippen LogP contribution in [0.2, 0.25) is 0 Å². The maximum absolute atomic E-state index is 11.4. The summed E-state index contributed by atoms with van der Waals surface area (Å²) in [4.78, 5) is 26.1. The van der Waals surface area contributed by atoms with Crippen LogP contribution in [0.25, 0.3) is 0 Å². The van der Waals surface area contributed by atoms with Gasteiger partial charge < -0.3 is 15.2 Å². The summed E-state index contributed by atoms with van der Waals surface area (Å²) in [6, 6.07) is 3.05. The third-order valence-corrected chi connectivity index (χ3v) is 2.54. The number of esters is 1. The molecule has 19 heavy (non-hydrogen) atoms. The summed E-state index contributed by atoms with van der Waals surface area (Å²) in [5, 5.41) is 11.8. The minimum atomic E-state index is -0.859. The molecule has 0 aliphatic rings. The molecule has 6 heteroatoms. The first kappa shape index (κ1) is 14.9. The molecule has 1 atom stereocenters. The number of rotatable bonds is 7. The molecule has 1 rings (SSSR count). The number of carboxylic acids is 1. The lowest BCUT2D eigenvalue weighted by Gasteiger charge is -2.15. The monoisotopic (exact) mass is 266 g/mol. The van der Waals surface area contributed by atoms with Crippen molar-refractivity contribution in [3.8, 4) is 0 Å². The van der Waals surface area contributed by atoms with Crippen molar-refractivity contribution in [3.63, 3.8) is 0 Å². The van der Waals surface area contributed by atoms with Gasteiger partial charge in [0.1, 0.15) is 5.82 Å². The van der Waals surface area contributed by atoms with Gasteiger partial charge in [-0.05, 0) is 25.5 Å². The molecule has 0 bridgehead atoms. The molecule has 0 spiro atoms. The van der Waals surface area contributed by atoms with Crippen molar-refractivity contribution < 1.29 is 19.4 Å². The zero-order valence-corrected chi connectivity index (χ0v) is 11.0. The van der Waals surface area contributed by atoms with Gasteiger partial charge in [-0.3, -0.25) is 4.79 Å². The summed E-state index contributed by atoms with van der Waals surface area (Å²) in [5.41, 5.74) is 0.374. The molecule has 1 unspecified atom stereocenters. The van der Waals surface area contributed by atoms with Crippen molar-refractivity contribution in [2.24, 2.45) is 0 Å². The fourth-order valence-electron chi connectivity index (χ4n) is 1.53. The van der Waals surface area contributed by atoms with Crippen molar-refractivity contribution in [2.75, 3.05) is 11.9 Å². The maximum Gasteiger partial charge on any atom is 0.339 e. The van der Waals surface area contributed by atoms with Crippen molar-refractivity contribution in [3.05, 3.63) is 23.9 Å². The zero-order chi connectivity index (χ0) is 14.3. The number of hydrogen-bond acceptors (Lipinski definition) is 5. The number of nitrogens with one attached hydrogen (secondary N) is 1. The fraction of sp³-hybridized carbons (Fsp3) is 0.462. The van der Waals surface area contributed by atoms with Crippen LogP contribution in [0.15, 0.2) is 18.3 Å². The highest BCUT2D eigenvalue weighted by Crippen LogP contribution is 2.10. The molecule has 1 aromatic heterocycles. The van der Waals surface area contributed by atoms with E-state index in [2.05, 4.69) is 10.3 Å². The molecular formula is C13H18N2O4. The Morgan fingerprint density at radius 1 is 1.42 bits per heavy atom. The van der Waals surface area contributed by atoms with Crippen LogP contribution >= 0.6 is 0 Å². The molecule has 0 aliphatic carbocycles. The molecule has 0 fully saturated rings. The van der Waals surface area contributed by atoms with E-state index in [0.717, 1.165) is 0 Å². The number of anilines is 1. The topological polar surface area (TPSA) is 88.5 Å². The number of nitrogens with zero attached hydrogens (tertiary/aromatic N) is 1. The largest absolute Gasteiger partial charge is 0.481 e. The lowest BCUT2D eigenvalue weighted by atomic mass is 10.1. The molecule has 0 saturated carbocycles. The lowest BCUT2D eigenvalue weighted by molar-refractivity contribution is -0.137. The van der Waals surface area contributed by atoms with Crippen LogP contribution in [0.3, 0.4) is 0 Å². The Labute approximate surface area is 111 Å². The smallest absolute Gasteiger partial charge is 0.339 e. The van der Waals surface area contributed by atoms with Gasteiger partial charge in [0.15, 0.2) is 0 Å². The van der Waals surface area contributed by atoms with Crippen molar-refractivity contribution >= 4 is 17.8 Å². The highest BCUT2D eigenvalue weighted by molar-refractivity contribution is 5.89. The molecule has 2 N–H and O–H groups in total. The summed E-state index contributed by atoms with van der Waals surface area (Å²) in [6.07, 6.45) is 2.11. The SMILES string of the molecule is CCOC(=O)c1ccc(NC(CC)CC(=O)O)nc1. The highest BCUT2D eigenvalue weighted by atomic mass is 16.5. The standard InChI is InChI=1S/C13H18N2O4/c1-3-10(7-12(16)17)15-11-6-5-9(8-14-11)13(18)19-4-2/h5-6,8,10H,3-4,7H2,1-2H3,(H,14,15)(H,16,17). The number of aromatic nitrogens is 1. The van der Waals surface area contributed by atoms with Crippen LogP contribution in [0.4, 0.5) is 5.82 Å². The molecular weight excluding hydrogens is 248 g/mol. The van der Waals surface area contributed by atoms with Crippen LogP contribution in [-0.4, -0.2) is 34.7 Å². The van der Waals surface area contributed by atoms with Crippen molar-refractivity contribution in [1.82, 2.24) is 4.98 Å². The average molecular weight is 266 g/mol. The Morgan fingerprint density at radius 2 is 2.16 bits per heavy atom. The number of hydrogen-bond donors (Lipinski definition) is 2. The van der Waals surface area contributed by atoms with Crippen LogP contribution in [0.1, 0.15) is 37.0 Å². The average Bonchev–Trinajstić information content (AvgIpc) is 2.38. The van der Waals surface area contributed by atoms with Gasteiger partial charge in [-0.1, -0.05) is 6.92 Å². The van der Waals surface area contributed by atoms with Gasteiger partial charge in [-0.15, -0.1) is 0 Å². The van der Waals surface area contributed by atoms with Crippen molar-refractivity contribution in [1.29, 1.82) is 0 Å². The van der Waals surface area contributed by atoms with Gasteiger partial charge in [0.25, 0.3) is 0 Å². The summed E-state index contributed by atoms with van der Waals surface area (Å²) in [7, 11) is 0. The third-order valence-electron chi connectivity index (χ3n) is 2.54. The van der Waals surface area contributed by atoms with E-state index in [1.54, 1.807) is 19.1 Å². The summed E-state index contributed by atoms with van der Waals surface area (Å²) < 4.78 is 4.85. The van der Waals surface area contributed by atoms with E-state index in [4.69, 9.17) is 9.84 Å². The van der Waals surface area contributed by atoms with Gasteiger partial charge in [0, 0.05) is 12.2 Å². The van der Waals surface area contributed by atoms with E-state index in [0.29, 0.717) is 24.4 Å². The molecule has 1 aromatic rings. The van der Waals surface area contributed by atoms with Crippen LogP contribution in [0, 0.1) is 0 Å². The number of carboxylic acid groups (broad SMARTS) is 1. The molecule has 1 heterocycles. The second-order valence-electron chi connectivity index (χ2n) is 4.00. The number of pyridine rings is 1. The first-order valence-corrected chi connectivity index (χ1v) is 6.18. The van der Waals surface area contributed by atoms with Gasteiger partial charge in [-0.25, -0.2) is 9.78 Å². The fourth-order valence-corrected chi connectivity index (χ4v) is 1.53. The van der Waals surface area contributed by atoms with E-state index in [1.165, 1.54) is 6.20 Å². The predicted molar refractivity (Wildman–Crippen MR) is 70.1 cm³/mol. The second-order valence-corrected chi connectivity index (χ2v) is 4.00. The molecule has 6 nitrogen and oxygen atoms in total. The number of carbonyl (C=O) groups excluding carboxylic acids is 1. The van der Waals surface area contributed by atoms with Crippen LogP contribution in [-0.2, 0) is 9.53 Å². The number of carbonyl (C=O) groups is 2. The number of aliphatic carboxylic acids is 1. The Bertz CT molecular complexity index is 431. The molecule has 0 aliphatic heterocycles. The quantitative estimate of drug-likeness (QED) is 0.733. The molecule has 0 saturated heterocycles. The Morgan fingerprint density at radius 3 is 2.63 bits per heavy atom. The molecule has 104 valence electrons. The van der Waals surface area contributed by atoms with E-state index < -0.39 is 11.9 Å². The highest BCUT2D eigenvalue weighted by Gasteiger charge is 2.12. The van der Waals surface area contributed by atoms with E-state index >= 15 is 0 Å². The van der Waals surface area contributed by atoms with E-state index in [-0.39, 0.29) is 12.5 Å². The van der Waals surface area contributed by atoms with Gasteiger partial charge in [-0.2, -0.15) is 0 Å². The van der Waals surface area contributed by atoms with Gasteiger partial charge >= 0.3 is 11.9 Å². The summed E-state index contributed by atoms with van der Waals surface area (Å²) in [6.45, 7) is 3.95. The van der Waals surface area contributed by atoms with E-state index in [1.807, 2.05) is 6.92 Å². The van der Waals surface area contributed by atoms with E-state index in [9.17, 15) is 9.59 Å². The molecule has 0 radical (unpaired) electrons. The molecule has 0 aromatic carbocycles. The first-order chi connectivity index (χ1) is 9.06. The second kappa shape index (κ2) is 7.35. The Balaban J connectivity index is 2.65. The summed E-state index contributed by atoms with van der Waals surface area (Å²) >= 11 is 0. The Kier molecular flexibility index (Phi) is 5.78. The van der Waals surface area contributed by atoms with Gasteiger partial charge in [0.05, 0.1) is 18.6 Å². The van der Waals surface area contributed by atoms with Gasteiger partial charge in [0.2, 0.25) is 0 Å². The van der Waals surface area contributed by atoms with Crippen LogP contribution < -0.4 is 5.32 Å². The Hall–Kier alpha value is -2.11. The van der Waals surface area contributed by atoms with Crippen LogP contribution in [0.5, 0.6) is 0 Å². The molecule has 0 amide bonds. The number of ether oxygens (including phenoxy) is 1. The summed E-state index contributed by atoms with van der Waals surface area (Å²) in [5.74, 6) is -0.734. The minimum Gasteiger partial charge on any atom is -0.481 e. The first-order valence-electron chi connectivity index (χ1n) is 6.18. The normalized spacial score (nSPS) is 11.7. The minimum absolute atomic E-state index is 0.0256. The van der Waals surface area contributed by atoms with Crippen molar-refractivity contribution in [2.45, 2.75) is 32.7 Å². The lowest BCUT2D eigenvalue weighted by Crippen LogP contribution is -2.22.